The predicted molar refractivity (Wildman–Crippen MR) is 155 cm³/mol. The summed E-state index contributed by atoms with van der Waals surface area (Å²) in [5.74, 6) is -1.39. The van der Waals surface area contributed by atoms with Gasteiger partial charge in [0.1, 0.15) is 17.9 Å². The first kappa shape index (κ1) is 26.1. The number of nitrogens with zero attached hydrogens (tertiary/aromatic N) is 2. The summed E-state index contributed by atoms with van der Waals surface area (Å²) >= 11 is 1.06. The molecule has 0 fully saturated rings. The molecule has 3 aromatic carbocycles. The molecular formula is C32H24N2O6S. The van der Waals surface area contributed by atoms with Crippen LogP contribution in [0.25, 0.3) is 27.4 Å². The van der Waals surface area contributed by atoms with Crippen molar-refractivity contribution in [2.24, 2.45) is 0 Å². The number of fused-ring (bicyclic) bond motifs is 1. The van der Waals surface area contributed by atoms with E-state index in [9.17, 15) is 19.8 Å². The molecule has 2 N–H and O–H groups in total. The molecule has 3 heterocycles. The van der Waals surface area contributed by atoms with Crippen LogP contribution in [0.5, 0.6) is 17.4 Å². The summed E-state index contributed by atoms with van der Waals surface area (Å²) in [7, 11) is 0. The number of carbonyl (C=O) groups is 2. The third kappa shape index (κ3) is 4.76. The minimum Gasteiger partial charge on any atom is -0.503 e. The van der Waals surface area contributed by atoms with Gasteiger partial charge in [0.2, 0.25) is 11.7 Å². The zero-order valence-corrected chi connectivity index (χ0v) is 22.9. The van der Waals surface area contributed by atoms with Gasteiger partial charge in [-0.1, -0.05) is 59.9 Å². The van der Waals surface area contributed by atoms with E-state index in [2.05, 4.69) is 4.98 Å². The number of hydrogen-bond donors (Lipinski definition) is 2. The maximum Gasteiger partial charge on any atom is 0.242 e. The first-order valence-corrected chi connectivity index (χ1v) is 13.6. The fourth-order valence-corrected chi connectivity index (χ4v) is 5.66. The second-order valence-corrected chi connectivity index (χ2v) is 10.5. The number of aryl methyl sites for hydroxylation is 1. The molecule has 41 heavy (non-hydrogen) atoms. The van der Waals surface area contributed by atoms with Crippen molar-refractivity contribution in [3.63, 3.8) is 0 Å². The van der Waals surface area contributed by atoms with Gasteiger partial charge in [-0.2, -0.15) is 0 Å². The van der Waals surface area contributed by atoms with Crippen molar-refractivity contribution in [3.05, 3.63) is 112 Å². The Balaban J connectivity index is 1.48. The average Bonchev–Trinajstić information content (AvgIpc) is 3.66. The molecule has 6 rings (SSSR count). The smallest absolute Gasteiger partial charge is 0.242 e. The van der Waals surface area contributed by atoms with E-state index in [1.54, 1.807) is 49.4 Å². The lowest BCUT2D eigenvalue weighted by molar-refractivity contribution is 0.100. The summed E-state index contributed by atoms with van der Waals surface area (Å²) < 4.78 is 13.0. The van der Waals surface area contributed by atoms with Crippen LogP contribution in [-0.4, -0.2) is 31.3 Å². The monoisotopic (exact) mass is 564 g/mol. The van der Waals surface area contributed by atoms with Crippen LogP contribution in [0.1, 0.15) is 44.0 Å². The highest BCUT2D eigenvalue weighted by atomic mass is 32.1. The van der Waals surface area contributed by atoms with Crippen LogP contribution in [0.2, 0.25) is 0 Å². The quantitative estimate of drug-likeness (QED) is 0.190. The molecule has 9 heteroatoms. The number of furan rings is 1. The Morgan fingerprint density at radius 3 is 2.37 bits per heavy atom. The van der Waals surface area contributed by atoms with E-state index < -0.39 is 17.4 Å². The highest BCUT2D eigenvalue weighted by Gasteiger charge is 2.33. The van der Waals surface area contributed by atoms with Gasteiger partial charge in [-0.3, -0.25) is 14.2 Å². The highest BCUT2D eigenvalue weighted by molar-refractivity contribution is 7.16. The molecule has 6 aromatic rings. The molecule has 204 valence electrons. The minimum absolute atomic E-state index is 0.00228. The molecule has 0 saturated carbocycles. The van der Waals surface area contributed by atoms with Crippen LogP contribution >= 0.6 is 11.3 Å². The van der Waals surface area contributed by atoms with Crippen LogP contribution < -0.4 is 4.74 Å². The summed E-state index contributed by atoms with van der Waals surface area (Å²) in [5.41, 5.74) is 2.55. The number of aromatic hydroxyl groups is 2. The van der Waals surface area contributed by atoms with Crippen molar-refractivity contribution < 1.29 is 29.0 Å². The van der Waals surface area contributed by atoms with E-state index in [4.69, 9.17) is 9.15 Å². The van der Waals surface area contributed by atoms with Gasteiger partial charge in [-0.15, -0.1) is 0 Å². The molecule has 0 atom stereocenters. The van der Waals surface area contributed by atoms with Crippen molar-refractivity contribution in [2.75, 3.05) is 0 Å². The first-order chi connectivity index (χ1) is 19.8. The molecule has 0 aliphatic rings. The van der Waals surface area contributed by atoms with Crippen LogP contribution in [0.3, 0.4) is 0 Å². The van der Waals surface area contributed by atoms with Gasteiger partial charge in [-0.05, 0) is 54.4 Å². The van der Waals surface area contributed by atoms with Crippen molar-refractivity contribution in [3.8, 4) is 33.8 Å². The number of ether oxygens (including phenoxy) is 1. The minimum atomic E-state index is -0.618. The van der Waals surface area contributed by atoms with Crippen molar-refractivity contribution >= 4 is 33.9 Å². The van der Waals surface area contributed by atoms with E-state index in [-0.39, 0.29) is 27.9 Å². The van der Waals surface area contributed by atoms with E-state index in [1.165, 1.54) is 11.5 Å². The zero-order chi connectivity index (χ0) is 28.7. The molecule has 0 saturated heterocycles. The first-order valence-electron chi connectivity index (χ1n) is 12.8. The number of hydrogen-bond acceptors (Lipinski definition) is 8. The summed E-state index contributed by atoms with van der Waals surface area (Å²) in [6, 6.07) is 25.5. The summed E-state index contributed by atoms with van der Waals surface area (Å²) in [5, 5.41) is 23.2. The van der Waals surface area contributed by atoms with E-state index in [1.807, 2.05) is 42.5 Å². The van der Waals surface area contributed by atoms with Crippen molar-refractivity contribution in [1.29, 1.82) is 0 Å². The number of ketones is 2. The Kier molecular flexibility index (Phi) is 6.64. The molecule has 0 unspecified atom stereocenters. The van der Waals surface area contributed by atoms with Gasteiger partial charge in [0.15, 0.2) is 22.4 Å². The number of Topliss-reactive ketones (excluding diaryl/α,β-unsaturated/α-hetero) is 1. The topological polar surface area (TPSA) is 115 Å². The van der Waals surface area contributed by atoms with Crippen molar-refractivity contribution in [2.45, 2.75) is 20.5 Å². The van der Waals surface area contributed by atoms with Gasteiger partial charge >= 0.3 is 0 Å². The molecule has 8 nitrogen and oxygen atoms in total. The normalized spacial score (nSPS) is 11.2. The Bertz CT molecular complexity index is 1880. The number of rotatable bonds is 8. The van der Waals surface area contributed by atoms with E-state index >= 15 is 0 Å². The highest BCUT2D eigenvalue weighted by Crippen LogP contribution is 2.45. The molecule has 0 spiro atoms. The Hall–Kier alpha value is -5.15. The standard InChI is InChI=1S/C32H24N2O6S/c1-18-30(19(2)35)41-32(33-18)34-27(21-12-14-23(15-13-21)39-17-20-8-4-3-5-9-20)26(29(37)31(34)38)28(36)25-16-22-10-6-7-11-24(22)40-25/h3-16,37-38H,17H2,1-2H3. The molecule has 0 amide bonds. The number of thiazole rings is 1. The predicted octanol–water partition coefficient (Wildman–Crippen LogP) is 7.08. The van der Waals surface area contributed by atoms with Crippen LogP contribution in [0.4, 0.5) is 0 Å². The third-order valence-corrected chi connectivity index (χ3v) is 7.91. The molecule has 0 radical (unpaired) electrons. The Morgan fingerprint density at radius 2 is 1.68 bits per heavy atom. The summed E-state index contributed by atoms with van der Waals surface area (Å²) in [4.78, 5) is 30.9. The van der Waals surface area contributed by atoms with Gasteiger partial charge in [0.05, 0.1) is 21.8 Å². The fraction of sp³-hybridized carbons (Fsp3) is 0.0938. The maximum atomic E-state index is 13.9. The second kappa shape index (κ2) is 10.4. The molecule has 0 aliphatic carbocycles. The average molecular weight is 565 g/mol. The lowest BCUT2D eigenvalue weighted by atomic mass is 10.0. The van der Waals surface area contributed by atoms with Crippen LogP contribution in [-0.2, 0) is 6.61 Å². The number of para-hydroxylation sites is 1. The van der Waals surface area contributed by atoms with Crippen LogP contribution in [0.15, 0.2) is 89.3 Å². The summed E-state index contributed by atoms with van der Waals surface area (Å²) in [6.45, 7) is 3.50. The largest absolute Gasteiger partial charge is 0.503 e. The lowest BCUT2D eigenvalue weighted by Gasteiger charge is -2.11. The van der Waals surface area contributed by atoms with Crippen molar-refractivity contribution in [1.82, 2.24) is 9.55 Å². The molecule has 3 aromatic heterocycles. The van der Waals surface area contributed by atoms with E-state index in [0.717, 1.165) is 22.3 Å². The van der Waals surface area contributed by atoms with Gasteiger partial charge in [0, 0.05) is 12.3 Å². The summed E-state index contributed by atoms with van der Waals surface area (Å²) in [6.07, 6.45) is 0. The van der Waals surface area contributed by atoms with Gasteiger partial charge in [0.25, 0.3) is 0 Å². The maximum absolute atomic E-state index is 13.9. The second-order valence-electron chi connectivity index (χ2n) is 9.47. The van der Waals surface area contributed by atoms with Crippen LogP contribution in [0, 0.1) is 6.92 Å². The Labute approximate surface area is 238 Å². The molecular weight excluding hydrogens is 540 g/mol. The third-order valence-electron chi connectivity index (χ3n) is 6.67. The molecule has 0 bridgehead atoms. The van der Waals surface area contributed by atoms with E-state index in [0.29, 0.717) is 34.1 Å². The molecule has 0 aliphatic heterocycles. The lowest BCUT2D eigenvalue weighted by Crippen LogP contribution is -2.04. The number of benzene rings is 3. The van der Waals surface area contributed by atoms with Gasteiger partial charge in [-0.25, -0.2) is 4.98 Å². The SMILES string of the molecule is CC(=O)c1sc(-n2c(O)c(O)c(C(=O)c3cc4ccccc4o3)c2-c2ccc(OCc3ccccc3)cc2)nc1C. The Morgan fingerprint density at radius 1 is 0.976 bits per heavy atom. The number of carbonyl (C=O) groups excluding carboxylic acids is 2. The fourth-order valence-electron chi connectivity index (χ4n) is 4.69. The van der Waals surface area contributed by atoms with Gasteiger partial charge < -0.3 is 19.4 Å². The number of aromatic nitrogens is 2. The zero-order valence-electron chi connectivity index (χ0n) is 22.1.